The van der Waals surface area contributed by atoms with Gasteiger partial charge in [0.1, 0.15) is 0 Å². The van der Waals surface area contributed by atoms with E-state index < -0.39 is 8.07 Å². The van der Waals surface area contributed by atoms with Crippen LogP contribution in [0.3, 0.4) is 0 Å². The smallest absolute Gasteiger partial charge is 0.206 e. The number of hydrogen-bond acceptors (Lipinski definition) is 1. The SMILES string of the molecule is CB(c1ccccc1)c1ccccc1.CCCCc1cccc([Si](Cn2ccnc2)(c2ccccc2)c2cccc(CCCC)c2)c1. The fourth-order valence-electron chi connectivity index (χ4n) is 6.57. The van der Waals surface area contributed by atoms with Gasteiger partial charge < -0.3 is 4.57 Å². The summed E-state index contributed by atoms with van der Waals surface area (Å²) >= 11 is 0. The molecule has 1 heterocycles. The van der Waals surface area contributed by atoms with Gasteiger partial charge in [-0.15, -0.1) is 0 Å². The van der Waals surface area contributed by atoms with Crippen molar-refractivity contribution < 1.29 is 0 Å². The molecule has 0 amide bonds. The van der Waals surface area contributed by atoms with Crippen LogP contribution in [0.4, 0.5) is 0 Å². The first kappa shape index (κ1) is 33.9. The Bertz CT molecular complexity index is 1650. The second-order valence-corrected chi connectivity index (χ2v) is 16.5. The fraction of sp³-hybridized carbons (Fsp3) is 0.233. The van der Waals surface area contributed by atoms with Gasteiger partial charge in [-0.2, -0.15) is 0 Å². The van der Waals surface area contributed by atoms with Crippen molar-refractivity contribution in [1.82, 2.24) is 9.55 Å². The summed E-state index contributed by atoms with van der Waals surface area (Å²) in [5.74, 6) is 0. The van der Waals surface area contributed by atoms with Crippen LogP contribution in [0.25, 0.3) is 0 Å². The molecule has 47 heavy (non-hydrogen) atoms. The van der Waals surface area contributed by atoms with E-state index in [1.165, 1.54) is 63.3 Å². The minimum absolute atomic E-state index is 0.484. The number of unbranched alkanes of at least 4 members (excludes halogenated alkanes) is 2. The minimum Gasteiger partial charge on any atom is -0.339 e. The molecule has 1 aromatic heterocycles. The first-order valence-electron chi connectivity index (χ1n) is 17.4. The normalized spacial score (nSPS) is 11.0. The van der Waals surface area contributed by atoms with Crippen LogP contribution in [-0.4, -0.2) is 24.3 Å². The van der Waals surface area contributed by atoms with Crippen LogP contribution in [0.2, 0.25) is 6.82 Å². The molecule has 0 N–H and O–H groups in total. The molecular weight excluding hydrogens is 583 g/mol. The molecule has 0 unspecified atom stereocenters. The third-order valence-electron chi connectivity index (χ3n) is 9.32. The molecule has 5 aromatic carbocycles. The zero-order valence-corrected chi connectivity index (χ0v) is 29.4. The molecule has 0 bridgehead atoms. The van der Waals surface area contributed by atoms with Gasteiger partial charge in [0, 0.05) is 18.6 Å². The van der Waals surface area contributed by atoms with Crippen molar-refractivity contribution in [3.05, 3.63) is 169 Å². The molecule has 0 aliphatic carbocycles. The van der Waals surface area contributed by atoms with Crippen molar-refractivity contribution >= 4 is 41.3 Å². The van der Waals surface area contributed by atoms with Crippen molar-refractivity contribution in [2.75, 3.05) is 0 Å². The van der Waals surface area contributed by atoms with Gasteiger partial charge >= 0.3 is 0 Å². The van der Waals surface area contributed by atoms with E-state index in [0.29, 0.717) is 6.71 Å². The Labute approximate surface area is 284 Å². The molecule has 6 aromatic rings. The minimum atomic E-state index is -2.35. The van der Waals surface area contributed by atoms with E-state index >= 15 is 0 Å². The van der Waals surface area contributed by atoms with Crippen LogP contribution in [0.15, 0.2) is 158 Å². The summed E-state index contributed by atoms with van der Waals surface area (Å²) in [6, 6.07) is 51.4. The number of nitrogens with zero attached hydrogens (tertiary/aromatic N) is 2. The highest BCUT2D eigenvalue weighted by Crippen LogP contribution is 2.15. The third-order valence-corrected chi connectivity index (χ3v) is 14.1. The van der Waals surface area contributed by atoms with E-state index in [0.717, 1.165) is 19.0 Å². The molecule has 4 heteroatoms. The topological polar surface area (TPSA) is 17.8 Å². The van der Waals surface area contributed by atoms with Crippen LogP contribution in [0.1, 0.15) is 50.7 Å². The zero-order valence-electron chi connectivity index (χ0n) is 28.4. The lowest BCUT2D eigenvalue weighted by Crippen LogP contribution is -2.69. The summed E-state index contributed by atoms with van der Waals surface area (Å²) in [6.07, 6.45) is 14.1. The number of benzene rings is 5. The van der Waals surface area contributed by atoms with Crippen LogP contribution in [0.5, 0.6) is 0 Å². The predicted molar refractivity (Wildman–Crippen MR) is 207 cm³/mol. The highest BCUT2D eigenvalue weighted by Gasteiger charge is 2.40. The second kappa shape index (κ2) is 17.5. The van der Waals surface area contributed by atoms with Gasteiger partial charge in [0.15, 0.2) is 8.07 Å². The van der Waals surface area contributed by atoms with Crippen molar-refractivity contribution in [3.8, 4) is 0 Å². The lowest BCUT2D eigenvalue weighted by atomic mass is 9.43. The monoisotopic (exact) mass is 632 g/mol. The van der Waals surface area contributed by atoms with Crippen molar-refractivity contribution in [3.63, 3.8) is 0 Å². The van der Waals surface area contributed by atoms with Crippen molar-refractivity contribution in [2.24, 2.45) is 0 Å². The molecule has 0 radical (unpaired) electrons. The highest BCUT2D eigenvalue weighted by atomic mass is 28.3. The summed E-state index contributed by atoms with van der Waals surface area (Å²) < 4.78 is 2.29. The average Bonchev–Trinajstić information content (AvgIpc) is 3.66. The Kier molecular flexibility index (Phi) is 12.6. The van der Waals surface area contributed by atoms with Gasteiger partial charge in [-0.3, -0.25) is 0 Å². The van der Waals surface area contributed by atoms with Gasteiger partial charge in [0.05, 0.1) is 6.33 Å². The molecule has 6 rings (SSSR count). The predicted octanol–water partition coefficient (Wildman–Crippen LogP) is 7.20. The molecule has 0 aliphatic heterocycles. The van der Waals surface area contributed by atoms with Gasteiger partial charge in [0.25, 0.3) is 0 Å². The lowest BCUT2D eigenvalue weighted by molar-refractivity contribution is 0.795. The summed E-state index contributed by atoms with van der Waals surface area (Å²) in [5, 5.41) is 4.44. The first-order valence-corrected chi connectivity index (χ1v) is 19.6. The van der Waals surface area contributed by atoms with Crippen LogP contribution in [-0.2, 0) is 19.0 Å². The number of imidazole rings is 1. The van der Waals surface area contributed by atoms with E-state index in [1.54, 1.807) is 0 Å². The molecule has 0 fully saturated rings. The van der Waals surface area contributed by atoms with Crippen LogP contribution < -0.4 is 26.5 Å². The molecule has 0 aliphatic rings. The maximum absolute atomic E-state index is 4.39. The molecule has 0 spiro atoms. The van der Waals surface area contributed by atoms with Crippen molar-refractivity contribution in [1.29, 1.82) is 0 Å². The molecular formula is C43H49BN2Si. The van der Waals surface area contributed by atoms with Crippen molar-refractivity contribution in [2.45, 2.75) is 65.4 Å². The summed E-state index contributed by atoms with van der Waals surface area (Å²) in [6.45, 7) is 7.27. The third kappa shape index (κ3) is 8.90. The summed E-state index contributed by atoms with van der Waals surface area (Å²) in [4.78, 5) is 4.39. The Balaban J connectivity index is 0.000000257. The number of aryl methyl sites for hydroxylation is 2. The first-order chi connectivity index (χ1) is 23.1. The average molecular weight is 633 g/mol. The maximum Gasteiger partial charge on any atom is 0.206 e. The maximum atomic E-state index is 4.39. The second-order valence-electron chi connectivity index (χ2n) is 12.7. The van der Waals surface area contributed by atoms with E-state index in [-0.39, 0.29) is 0 Å². The Morgan fingerprint density at radius 3 is 1.49 bits per heavy atom. The summed E-state index contributed by atoms with van der Waals surface area (Å²) in [5.41, 5.74) is 5.65. The molecule has 2 nitrogen and oxygen atoms in total. The highest BCUT2D eigenvalue weighted by molar-refractivity contribution is 7.10. The van der Waals surface area contributed by atoms with Crippen LogP contribution in [0, 0.1) is 0 Å². The van der Waals surface area contributed by atoms with E-state index in [1.807, 2.05) is 12.5 Å². The van der Waals surface area contributed by atoms with E-state index in [4.69, 9.17) is 0 Å². The molecule has 0 saturated carbocycles. The number of rotatable bonds is 13. The van der Waals surface area contributed by atoms with Gasteiger partial charge in [-0.05, 0) is 52.4 Å². The number of hydrogen-bond donors (Lipinski definition) is 0. The Morgan fingerprint density at radius 2 is 1.04 bits per heavy atom. The largest absolute Gasteiger partial charge is 0.339 e. The molecule has 238 valence electrons. The Morgan fingerprint density at radius 1 is 0.574 bits per heavy atom. The van der Waals surface area contributed by atoms with Gasteiger partial charge in [-0.25, -0.2) is 4.98 Å². The Hall–Kier alpha value is -4.41. The lowest BCUT2D eigenvalue weighted by Gasteiger charge is -2.34. The van der Waals surface area contributed by atoms with E-state index in [2.05, 4.69) is 176 Å². The fourth-order valence-corrected chi connectivity index (χ4v) is 11.2. The molecule has 0 saturated heterocycles. The summed E-state index contributed by atoms with van der Waals surface area (Å²) in [7, 11) is -2.35. The van der Waals surface area contributed by atoms with Crippen LogP contribution >= 0.6 is 0 Å². The standard InChI is InChI=1S/C30H36N2Si.C13H13B/c1-3-5-12-26-14-10-18-29(22-26)33(25-32-21-20-31-24-32,28-16-8-7-9-17-28)30-19-11-15-27(23-30)13-6-4-2;1-14(12-8-4-2-5-9-12)13-10-6-3-7-11-13/h7-11,14-24H,3-6,12-13,25H2,1-2H3;2-11H,1H3. The quantitative estimate of drug-likeness (QED) is 0.0973. The number of aromatic nitrogens is 2. The zero-order chi connectivity index (χ0) is 32.7. The van der Waals surface area contributed by atoms with Gasteiger partial charge in [-0.1, -0.05) is 184 Å². The van der Waals surface area contributed by atoms with Gasteiger partial charge in [0.2, 0.25) is 6.71 Å². The molecule has 0 atom stereocenters. The van der Waals surface area contributed by atoms with E-state index in [9.17, 15) is 0 Å².